The Hall–Kier alpha value is -3.32. The Kier molecular flexibility index (Phi) is 8.49. The summed E-state index contributed by atoms with van der Waals surface area (Å²) >= 11 is 0. The lowest BCUT2D eigenvalue weighted by Crippen LogP contribution is -2.21. The van der Waals surface area contributed by atoms with E-state index in [1.807, 2.05) is 43.3 Å². The van der Waals surface area contributed by atoms with Crippen LogP contribution in [0.3, 0.4) is 0 Å². The number of pyridine rings is 1. The number of carbonyl (C=O) groups is 1. The number of benzene rings is 1. The Morgan fingerprint density at radius 1 is 1.12 bits per heavy atom. The number of nitrogens with one attached hydrogen (secondary N) is 2. The summed E-state index contributed by atoms with van der Waals surface area (Å²) in [5, 5.41) is 4.47. The van der Waals surface area contributed by atoms with Gasteiger partial charge in [-0.25, -0.2) is 4.98 Å². The van der Waals surface area contributed by atoms with Gasteiger partial charge in [0.1, 0.15) is 22.9 Å². The number of carbonyl (C=O) groups excluding carboxylic acids is 1. The van der Waals surface area contributed by atoms with Crippen molar-refractivity contribution in [3.63, 3.8) is 0 Å². The fourth-order valence-corrected chi connectivity index (χ4v) is 3.84. The van der Waals surface area contributed by atoms with E-state index in [2.05, 4.69) is 34.4 Å². The van der Waals surface area contributed by atoms with E-state index in [-0.39, 0.29) is 5.78 Å². The highest BCUT2D eigenvalue weighted by Crippen LogP contribution is 2.32. The second kappa shape index (κ2) is 11.5. The minimum absolute atomic E-state index is 0.273. The van der Waals surface area contributed by atoms with Crippen LogP contribution in [0.25, 0.3) is 16.6 Å². The standard InChI is InChI=1S/C26H34N4O3/c1-6-8-18(9-7-10-20(31)17-30(2)3)25-16-23-24(11-12-27-26(23)29-25)28-19-13-21(32-4)15-22(14-19)33-5/h8,11-16H,6-7,9-10,17H2,1-5H3,(H2,27,28,29)/b18-8+. The van der Waals surface area contributed by atoms with Crippen molar-refractivity contribution in [1.29, 1.82) is 0 Å². The first-order chi connectivity index (χ1) is 15.9. The monoisotopic (exact) mass is 450 g/mol. The van der Waals surface area contributed by atoms with Crippen molar-refractivity contribution < 1.29 is 14.3 Å². The minimum Gasteiger partial charge on any atom is -0.497 e. The largest absolute Gasteiger partial charge is 0.497 e. The Bertz CT molecular complexity index is 1100. The molecular formula is C26H34N4O3. The van der Waals surface area contributed by atoms with Crippen LogP contribution in [0.2, 0.25) is 0 Å². The number of hydrogen-bond donors (Lipinski definition) is 2. The van der Waals surface area contributed by atoms with Gasteiger partial charge in [0, 0.05) is 47.6 Å². The fraction of sp³-hybridized carbons (Fsp3) is 0.385. The number of Topliss-reactive ketones (excluding diaryl/α,β-unsaturated/α-hetero) is 1. The van der Waals surface area contributed by atoms with Crippen LogP contribution in [0.15, 0.2) is 42.6 Å². The number of hydrogen-bond acceptors (Lipinski definition) is 6. The van der Waals surface area contributed by atoms with Crippen LogP contribution in [0.1, 0.15) is 38.3 Å². The Morgan fingerprint density at radius 3 is 2.48 bits per heavy atom. The molecule has 2 N–H and O–H groups in total. The number of H-pyrrole nitrogens is 1. The predicted octanol–water partition coefficient (Wildman–Crippen LogP) is 5.42. The van der Waals surface area contributed by atoms with Gasteiger partial charge in [-0.1, -0.05) is 13.0 Å². The average Bonchev–Trinajstić information content (AvgIpc) is 3.23. The summed E-state index contributed by atoms with van der Waals surface area (Å²) < 4.78 is 10.8. The number of methoxy groups -OCH3 is 2. The lowest BCUT2D eigenvalue weighted by molar-refractivity contribution is -0.119. The highest BCUT2D eigenvalue weighted by Gasteiger charge is 2.12. The highest BCUT2D eigenvalue weighted by molar-refractivity contribution is 5.94. The van der Waals surface area contributed by atoms with Crippen LogP contribution in [-0.2, 0) is 4.79 Å². The van der Waals surface area contributed by atoms with E-state index >= 15 is 0 Å². The number of aromatic amines is 1. The molecule has 3 rings (SSSR count). The van der Waals surface area contributed by atoms with E-state index in [0.717, 1.165) is 47.4 Å². The maximum Gasteiger partial charge on any atom is 0.146 e. The number of allylic oxidation sites excluding steroid dienone is 2. The number of ketones is 1. The first kappa shape index (κ1) is 24.3. The molecule has 2 heterocycles. The van der Waals surface area contributed by atoms with Gasteiger partial charge in [0.25, 0.3) is 0 Å². The SMILES string of the molecule is CC/C=C(\CCCC(=O)CN(C)C)c1cc2c(Nc3cc(OC)cc(OC)c3)ccnc2[nH]1. The number of fused-ring (bicyclic) bond motifs is 1. The molecule has 0 saturated heterocycles. The van der Waals surface area contributed by atoms with Crippen molar-refractivity contribution >= 4 is 33.8 Å². The van der Waals surface area contributed by atoms with Gasteiger partial charge in [0.15, 0.2) is 0 Å². The molecule has 7 nitrogen and oxygen atoms in total. The lowest BCUT2D eigenvalue weighted by Gasteiger charge is -2.11. The molecule has 3 aromatic rings. The normalized spacial score (nSPS) is 11.8. The highest BCUT2D eigenvalue weighted by atomic mass is 16.5. The zero-order valence-corrected chi connectivity index (χ0v) is 20.2. The molecular weight excluding hydrogens is 416 g/mol. The van der Waals surface area contributed by atoms with E-state index in [1.165, 1.54) is 5.57 Å². The van der Waals surface area contributed by atoms with Crippen LogP contribution in [-0.4, -0.2) is 55.5 Å². The van der Waals surface area contributed by atoms with Gasteiger partial charge >= 0.3 is 0 Å². The van der Waals surface area contributed by atoms with Crippen LogP contribution < -0.4 is 14.8 Å². The first-order valence-corrected chi connectivity index (χ1v) is 11.3. The average molecular weight is 451 g/mol. The molecule has 2 aromatic heterocycles. The molecule has 176 valence electrons. The van der Waals surface area contributed by atoms with E-state index in [1.54, 1.807) is 20.4 Å². The van der Waals surface area contributed by atoms with Gasteiger partial charge in [-0.2, -0.15) is 0 Å². The van der Waals surface area contributed by atoms with Crippen LogP contribution in [0.5, 0.6) is 11.5 Å². The van der Waals surface area contributed by atoms with E-state index in [4.69, 9.17) is 9.47 Å². The molecule has 0 bridgehead atoms. The van der Waals surface area contributed by atoms with E-state index in [0.29, 0.717) is 24.5 Å². The predicted molar refractivity (Wildman–Crippen MR) is 135 cm³/mol. The zero-order valence-electron chi connectivity index (χ0n) is 20.2. The molecule has 0 amide bonds. The second-order valence-corrected chi connectivity index (χ2v) is 8.30. The van der Waals surface area contributed by atoms with Crippen LogP contribution in [0.4, 0.5) is 11.4 Å². The summed E-state index contributed by atoms with van der Waals surface area (Å²) in [6.07, 6.45) is 7.19. The number of likely N-dealkylation sites (N-methyl/N-ethyl adjacent to an activating group) is 1. The van der Waals surface area contributed by atoms with E-state index < -0.39 is 0 Å². The number of rotatable bonds is 12. The summed E-state index contributed by atoms with van der Waals surface area (Å²) in [5.74, 6) is 1.71. The maximum absolute atomic E-state index is 12.1. The van der Waals surface area contributed by atoms with Crippen molar-refractivity contribution in [2.75, 3.05) is 40.2 Å². The first-order valence-electron chi connectivity index (χ1n) is 11.3. The topological polar surface area (TPSA) is 79.5 Å². The fourth-order valence-electron chi connectivity index (χ4n) is 3.84. The Balaban J connectivity index is 1.82. The van der Waals surface area contributed by atoms with Gasteiger partial charge < -0.3 is 24.7 Å². The van der Waals surface area contributed by atoms with E-state index in [9.17, 15) is 4.79 Å². The van der Waals surface area contributed by atoms with Crippen molar-refractivity contribution in [2.24, 2.45) is 0 Å². The Morgan fingerprint density at radius 2 is 1.85 bits per heavy atom. The number of ether oxygens (including phenoxy) is 2. The summed E-state index contributed by atoms with van der Waals surface area (Å²) in [6, 6.07) is 9.78. The molecule has 0 aliphatic rings. The van der Waals surface area contributed by atoms with Gasteiger partial charge in [-0.15, -0.1) is 0 Å². The molecule has 33 heavy (non-hydrogen) atoms. The smallest absolute Gasteiger partial charge is 0.146 e. The van der Waals surface area contributed by atoms with Crippen molar-refractivity contribution in [3.05, 3.63) is 48.3 Å². The quantitative estimate of drug-likeness (QED) is 0.384. The summed E-state index contributed by atoms with van der Waals surface area (Å²) in [5.41, 5.74) is 4.87. The van der Waals surface area contributed by atoms with Crippen LogP contribution in [0, 0.1) is 0 Å². The molecule has 7 heteroatoms. The molecule has 0 unspecified atom stereocenters. The molecule has 0 aliphatic carbocycles. The van der Waals surface area contributed by atoms with Gasteiger partial charge in [-0.05, 0) is 51.1 Å². The minimum atomic E-state index is 0.273. The third-order valence-corrected chi connectivity index (χ3v) is 5.35. The van der Waals surface area contributed by atoms with Gasteiger partial charge in [0.2, 0.25) is 0 Å². The third-order valence-electron chi connectivity index (χ3n) is 5.35. The summed E-state index contributed by atoms with van der Waals surface area (Å²) in [7, 11) is 7.12. The number of aromatic nitrogens is 2. The molecule has 0 spiro atoms. The number of anilines is 2. The van der Waals surface area contributed by atoms with Crippen molar-refractivity contribution in [3.8, 4) is 11.5 Å². The van der Waals surface area contributed by atoms with Crippen molar-refractivity contribution in [1.82, 2.24) is 14.9 Å². The molecule has 1 aromatic carbocycles. The molecule has 0 radical (unpaired) electrons. The summed E-state index contributed by atoms with van der Waals surface area (Å²) in [4.78, 5) is 22.0. The van der Waals surface area contributed by atoms with Gasteiger partial charge in [0.05, 0.1) is 26.5 Å². The third kappa shape index (κ3) is 6.58. The molecule has 0 saturated carbocycles. The van der Waals surface area contributed by atoms with Gasteiger partial charge in [-0.3, -0.25) is 4.79 Å². The zero-order chi connectivity index (χ0) is 23.8. The Labute approximate surface area is 195 Å². The molecule has 0 fully saturated rings. The molecule has 0 atom stereocenters. The second-order valence-electron chi connectivity index (χ2n) is 8.30. The maximum atomic E-state index is 12.1. The molecule has 0 aliphatic heterocycles. The van der Waals surface area contributed by atoms with Crippen molar-refractivity contribution in [2.45, 2.75) is 32.6 Å². The summed E-state index contributed by atoms with van der Waals surface area (Å²) in [6.45, 7) is 2.62. The number of nitrogens with zero attached hydrogens (tertiary/aromatic N) is 2. The lowest BCUT2D eigenvalue weighted by atomic mass is 10.0. The van der Waals surface area contributed by atoms with Crippen LogP contribution >= 0.6 is 0 Å².